The van der Waals surface area contributed by atoms with Crippen LogP contribution in [0.15, 0.2) is 0 Å². The molecular formula is C9H20O2Si. The molecular weight excluding hydrogens is 168 g/mol. The van der Waals surface area contributed by atoms with Crippen LogP contribution < -0.4 is 0 Å². The lowest BCUT2D eigenvalue weighted by Gasteiger charge is -2.29. The molecule has 0 radical (unpaired) electrons. The zero-order chi connectivity index (χ0) is 9.35. The summed E-state index contributed by atoms with van der Waals surface area (Å²) in [5.41, 5.74) is 0.627. The standard InChI is InChI=1S/C9H20O2Si/c1-7(5-10)9-8(2)6-11-12(9,3)4/h7-10H,5-6H2,1-4H3. The van der Waals surface area contributed by atoms with Gasteiger partial charge in [0.15, 0.2) is 8.32 Å². The molecule has 0 spiro atoms. The molecule has 1 saturated heterocycles. The van der Waals surface area contributed by atoms with Gasteiger partial charge in [-0.2, -0.15) is 0 Å². The molecule has 12 heavy (non-hydrogen) atoms. The van der Waals surface area contributed by atoms with Crippen LogP contribution in [-0.4, -0.2) is 26.6 Å². The van der Waals surface area contributed by atoms with Crippen molar-refractivity contribution in [3.8, 4) is 0 Å². The van der Waals surface area contributed by atoms with Crippen LogP contribution in [0.2, 0.25) is 18.6 Å². The van der Waals surface area contributed by atoms with E-state index in [4.69, 9.17) is 9.53 Å². The van der Waals surface area contributed by atoms with Crippen LogP contribution in [0.25, 0.3) is 0 Å². The number of aliphatic hydroxyl groups is 1. The Bertz CT molecular complexity index is 159. The lowest BCUT2D eigenvalue weighted by atomic mass is 9.98. The van der Waals surface area contributed by atoms with Crippen LogP contribution in [0, 0.1) is 11.8 Å². The molecule has 0 bridgehead atoms. The molecule has 0 aromatic rings. The van der Waals surface area contributed by atoms with E-state index in [0.29, 0.717) is 24.0 Å². The normalized spacial score (nSPS) is 36.8. The fraction of sp³-hybridized carbons (Fsp3) is 1.00. The van der Waals surface area contributed by atoms with E-state index in [2.05, 4.69) is 26.9 Å². The predicted octanol–water partition coefficient (Wildman–Crippen LogP) is 1.86. The molecule has 1 heterocycles. The van der Waals surface area contributed by atoms with E-state index in [1.807, 2.05) is 0 Å². The van der Waals surface area contributed by atoms with Crippen molar-refractivity contribution in [2.45, 2.75) is 32.5 Å². The Morgan fingerprint density at radius 2 is 2.17 bits per heavy atom. The molecule has 1 rings (SSSR count). The van der Waals surface area contributed by atoms with Crippen molar-refractivity contribution in [3.05, 3.63) is 0 Å². The number of hydrogen-bond donors (Lipinski definition) is 1. The maximum atomic E-state index is 9.11. The monoisotopic (exact) mass is 188 g/mol. The molecule has 1 N–H and O–H groups in total. The number of aliphatic hydroxyl groups excluding tert-OH is 1. The van der Waals surface area contributed by atoms with Crippen molar-refractivity contribution in [3.63, 3.8) is 0 Å². The highest BCUT2D eigenvalue weighted by Gasteiger charge is 2.45. The zero-order valence-electron chi connectivity index (χ0n) is 8.50. The van der Waals surface area contributed by atoms with Crippen molar-refractivity contribution in [2.75, 3.05) is 13.2 Å². The van der Waals surface area contributed by atoms with Crippen molar-refractivity contribution >= 4 is 8.32 Å². The Morgan fingerprint density at radius 1 is 1.58 bits per heavy atom. The minimum absolute atomic E-state index is 0.300. The van der Waals surface area contributed by atoms with Gasteiger partial charge in [-0.25, -0.2) is 0 Å². The summed E-state index contributed by atoms with van der Waals surface area (Å²) >= 11 is 0. The fourth-order valence-corrected chi connectivity index (χ4v) is 6.42. The summed E-state index contributed by atoms with van der Waals surface area (Å²) in [6, 6.07) is 0. The zero-order valence-corrected chi connectivity index (χ0v) is 9.50. The Kier molecular flexibility index (Phi) is 2.96. The molecule has 0 aromatic heterocycles. The van der Waals surface area contributed by atoms with E-state index in [-0.39, 0.29) is 0 Å². The van der Waals surface area contributed by atoms with Gasteiger partial charge < -0.3 is 9.53 Å². The van der Waals surface area contributed by atoms with Crippen LogP contribution in [0.4, 0.5) is 0 Å². The van der Waals surface area contributed by atoms with Crippen molar-refractivity contribution in [1.82, 2.24) is 0 Å². The fourth-order valence-electron chi connectivity index (χ4n) is 2.59. The van der Waals surface area contributed by atoms with E-state index in [1.54, 1.807) is 0 Å². The van der Waals surface area contributed by atoms with Gasteiger partial charge in [0, 0.05) is 13.2 Å². The van der Waals surface area contributed by atoms with Gasteiger partial charge in [-0.15, -0.1) is 0 Å². The van der Waals surface area contributed by atoms with Crippen LogP contribution >= 0.6 is 0 Å². The highest BCUT2D eigenvalue weighted by atomic mass is 28.4. The first-order chi connectivity index (χ1) is 5.49. The third kappa shape index (κ3) is 1.73. The average molecular weight is 188 g/mol. The third-order valence-electron chi connectivity index (χ3n) is 3.04. The van der Waals surface area contributed by atoms with Crippen LogP contribution in [-0.2, 0) is 4.43 Å². The molecule has 3 heteroatoms. The second-order valence-corrected chi connectivity index (χ2v) is 8.74. The lowest BCUT2D eigenvalue weighted by molar-refractivity contribution is 0.216. The molecule has 0 amide bonds. The maximum absolute atomic E-state index is 9.11. The van der Waals surface area contributed by atoms with Gasteiger partial charge in [-0.05, 0) is 30.5 Å². The molecule has 1 aliphatic heterocycles. The number of rotatable bonds is 2. The molecule has 3 atom stereocenters. The van der Waals surface area contributed by atoms with E-state index in [1.165, 1.54) is 0 Å². The summed E-state index contributed by atoms with van der Waals surface area (Å²) < 4.78 is 5.82. The molecule has 0 aliphatic carbocycles. The highest BCUT2D eigenvalue weighted by molar-refractivity contribution is 6.73. The molecule has 0 saturated carbocycles. The summed E-state index contributed by atoms with van der Waals surface area (Å²) in [4.78, 5) is 0. The SMILES string of the molecule is CC(CO)C1C(C)CO[Si]1(C)C. The first-order valence-electron chi connectivity index (χ1n) is 4.74. The molecule has 2 nitrogen and oxygen atoms in total. The largest absolute Gasteiger partial charge is 0.417 e. The van der Waals surface area contributed by atoms with Crippen molar-refractivity contribution < 1.29 is 9.53 Å². The first kappa shape index (κ1) is 10.2. The molecule has 1 aliphatic rings. The number of hydrogen-bond acceptors (Lipinski definition) is 2. The van der Waals surface area contributed by atoms with Gasteiger partial charge in [0.05, 0.1) is 0 Å². The van der Waals surface area contributed by atoms with E-state index in [9.17, 15) is 0 Å². The Hall–Kier alpha value is 0.137. The van der Waals surface area contributed by atoms with Gasteiger partial charge in [-0.3, -0.25) is 0 Å². The lowest BCUT2D eigenvalue weighted by Crippen LogP contribution is -2.35. The predicted molar refractivity (Wildman–Crippen MR) is 52.6 cm³/mol. The maximum Gasteiger partial charge on any atom is 0.190 e. The van der Waals surface area contributed by atoms with Gasteiger partial charge >= 0.3 is 0 Å². The van der Waals surface area contributed by atoms with Crippen LogP contribution in [0.5, 0.6) is 0 Å². The van der Waals surface area contributed by atoms with E-state index in [0.717, 1.165) is 6.61 Å². The van der Waals surface area contributed by atoms with E-state index < -0.39 is 8.32 Å². The topological polar surface area (TPSA) is 29.5 Å². The minimum Gasteiger partial charge on any atom is -0.417 e. The van der Waals surface area contributed by atoms with Crippen LogP contribution in [0.3, 0.4) is 0 Å². The quantitative estimate of drug-likeness (QED) is 0.670. The Labute approximate surface area is 76.1 Å². The summed E-state index contributed by atoms with van der Waals surface area (Å²) in [5.74, 6) is 1.04. The summed E-state index contributed by atoms with van der Waals surface area (Å²) in [5, 5.41) is 9.11. The molecule has 72 valence electrons. The minimum atomic E-state index is -1.48. The molecule has 1 fully saturated rings. The third-order valence-corrected chi connectivity index (χ3v) is 6.69. The summed E-state index contributed by atoms with van der Waals surface area (Å²) in [7, 11) is -1.48. The Morgan fingerprint density at radius 3 is 2.50 bits per heavy atom. The summed E-state index contributed by atoms with van der Waals surface area (Å²) in [6.45, 7) is 10.1. The highest BCUT2D eigenvalue weighted by Crippen LogP contribution is 2.42. The molecule has 3 unspecified atom stereocenters. The van der Waals surface area contributed by atoms with Crippen molar-refractivity contribution in [2.24, 2.45) is 11.8 Å². The smallest absolute Gasteiger partial charge is 0.190 e. The van der Waals surface area contributed by atoms with Gasteiger partial charge in [0.1, 0.15) is 0 Å². The van der Waals surface area contributed by atoms with Gasteiger partial charge in [0.2, 0.25) is 0 Å². The van der Waals surface area contributed by atoms with E-state index >= 15 is 0 Å². The first-order valence-corrected chi connectivity index (χ1v) is 7.72. The van der Waals surface area contributed by atoms with Gasteiger partial charge in [-0.1, -0.05) is 13.8 Å². The van der Waals surface area contributed by atoms with Crippen molar-refractivity contribution in [1.29, 1.82) is 0 Å². The van der Waals surface area contributed by atoms with Crippen LogP contribution in [0.1, 0.15) is 13.8 Å². The summed E-state index contributed by atoms with van der Waals surface area (Å²) in [6.07, 6.45) is 0. The average Bonchev–Trinajstić information content (AvgIpc) is 2.25. The molecule has 0 aromatic carbocycles. The second kappa shape index (κ2) is 3.48. The Balaban J connectivity index is 2.71. The van der Waals surface area contributed by atoms with Gasteiger partial charge in [0.25, 0.3) is 0 Å². The second-order valence-electron chi connectivity index (χ2n) is 4.58.